The predicted octanol–water partition coefficient (Wildman–Crippen LogP) is 3.65. The summed E-state index contributed by atoms with van der Waals surface area (Å²) in [5.41, 5.74) is 1.57. The van der Waals surface area contributed by atoms with Gasteiger partial charge in [-0.2, -0.15) is 0 Å². The first-order valence-electron chi connectivity index (χ1n) is 13.3. The SMILES string of the molecule is CCOc1cc(C(=O)N2CCC(C(=O)NCc3ccccc3)CC2)ccc1OCC(=O)N1CCCCC1. The summed E-state index contributed by atoms with van der Waals surface area (Å²) in [6.07, 6.45) is 4.48. The molecule has 0 saturated carbocycles. The zero-order chi connectivity index (χ0) is 26.0. The second kappa shape index (κ2) is 13.1. The van der Waals surface area contributed by atoms with Gasteiger partial charge < -0.3 is 24.6 Å². The lowest BCUT2D eigenvalue weighted by molar-refractivity contribution is -0.134. The molecule has 37 heavy (non-hydrogen) atoms. The molecule has 2 heterocycles. The zero-order valence-electron chi connectivity index (χ0n) is 21.6. The highest BCUT2D eigenvalue weighted by atomic mass is 16.5. The second-order valence-electron chi connectivity index (χ2n) is 9.59. The smallest absolute Gasteiger partial charge is 0.260 e. The molecule has 0 spiro atoms. The van der Waals surface area contributed by atoms with Gasteiger partial charge in [-0.05, 0) is 62.8 Å². The fourth-order valence-corrected chi connectivity index (χ4v) is 4.86. The van der Waals surface area contributed by atoms with Crippen LogP contribution in [0, 0.1) is 5.92 Å². The summed E-state index contributed by atoms with van der Waals surface area (Å²) in [6, 6.07) is 14.9. The number of rotatable bonds is 9. The first-order valence-corrected chi connectivity index (χ1v) is 13.3. The van der Waals surface area contributed by atoms with Crippen molar-refractivity contribution in [1.82, 2.24) is 15.1 Å². The van der Waals surface area contributed by atoms with Crippen molar-refractivity contribution in [3.63, 3.8) is 0 Å². The lowest BCUT2D eigenvalue weighted by Crippen LogP contribution is -2.42. The normalized spacial score (nSPS) is 16.2. The molecule has 4 rings (SSSR count). The molecule has 2 fully saturated rings. The minimum atomic E-state index is -0.0973. The number of amides is 3. The van der Waals surface area contributed by atoms with Crippen LogP contribution in [0.2, 0.25) is 0 Å². The molecule has 2 aliphatic heterocycles. The van der Waals surface area contributed by atoms with Gasteiger partial charge >= 0.3 is 0 Å². The van der Waals surface area contributed by atoms with E-state index in [2.05, 4.69) is 5.32 Å². The molecule has 0 aliphatic carbocycles. The average Bonchev–Trinajstić information content (AvgIpc) is 2.96. The summed E-state index contributed by atoms with van der Waals surface area (Å²) in [7, 11) is 0. The maximum atomic E-state index is 13.2. The summed E-state index contributed by atoms with van der Waals surface area (Å²) in [5.74, 6) is 0.723. The number of benzene rings is 2. The monoisotopic (exact) mass is 507 g/mol. The Kier molecular flexibility index (Phi) is 9.40. The maximum absolute atomic E-state index is 13.2. The van der Waals surface area contributed by atoms with Crippen LogP contribution in [0.25, 0.3) is 0 Å². The van der Waals surface area contributed by atoms with Gasteiger partial charge in [0.25, 0.3) is 11.8 Å². The fourth-order valence-electron chi connectivity index (χ4n) is 4.86. The van der Waals surface area contributed by atoms with E-state index >= 15 is 0 Å². The molecule has 0 atom stereocenters. The molecule has 0 aromatic heterocycles. The van der Waals surface area contributed by atoms with Crippen molar-refractivity contribution in [2.75, 3.05) is 39.4 Å². The van der Waals surface area contributed by atoms with Gasteiger partial charge in [0.2, 0.25) is 5.91 Å². The molecule has 198 valence electrons. The van der Waals surface area contributed by atoms with Crippen LogP contribution in [0.3, 0.4) is 0 Å². The molecule has 8 heteroatoms. The van der Waals surface area contributed by atoms with Gasteiger partial charge in [-0.25, -0.2) is 0 Å². The highest BCUT2D eigenvalue weighted by molar-refractivity contribution is 5.95. The van der Waals surface area contributed by atoms with Gasteiger partial charge in [0.15, 0.2) is 18.1 Å². The third-order valence-electron chi connectivity index (χ3n) is 7.01. The number of hydrogen-bond donors (Lipinski definition) is 1. The van der Waals surface area contributed by atoms with E-state index in [9.17, 15) is 14.4 Å². The quantitative estimate of drug-likeness (QED) is 0.560. The highest BCUT2D eigenvalue weighted by Gasteiger charge is 2.28. The first-order chi connectivity index (χ1) is 18.0. The van der Waals surface area contributed by atoms with Crippen LogP contribution in [-0.2, 0) is 16.1 Å². The Bertz CT molecular complexity index is 1060. The minimum Gasteiger partial charge on any atom is -0.490 e. The Morgan fingerprint density at radius 3 is 2.30 bits per heavy atom. The standard InChI is InChI=1S/C29H37N3O5/c1-2-36-26-19-24(11-12-25(26)37-21-27(33)31-15-7-4-8-16-31)29(35)32-17-13-23(14-18-32)28(34)30-20-22-9-5-3-6-10-22/h3,5-6,9-12,19,23H,2,4,7-8,13-18,20-21H2,1H3,(H,30,34). The predicted molar refractivity (Wildman–Crippen MR) is 140 cm³/mol. The van der Waals surface area contributed by atoms with E-state index in [0.29, 0.717) is 56.1 Å². The Labute approximate surface area is 218 Å². The molecule has 0 bridgehead atoms. The lowest BCUT2D eigenvalue weighted by Gasteiger charge is -2.31. The van der Waals surface area contributed by atoms with Crippen LogP contribution < -0.4 is 14.8 Å². The van der Waals surface area contributed by atoms with Gasteiger partial charge in [-0.1, -0.05) is 30.3 Å². The van der Waals surface area contributed by atoms with E-state index in [-0.39, 0.29) is 30.2 Å². The number of nitrogens with zero attached hydrogens (tertiary/aromatic N) is 2. The Morgan fingerprint density at radius 2 is 1.59 bits per heavy atom. The number of ether oxygens (including phenoxy) is 2. The summed E-state index contributed by atoms with van der Waals surface area (Å²) in [5, 5.41) is 3.01. The maximum Gasteiger partial charge on any atom is 0.260 e. The fraction of sp³-hybridized carbons (Fsp3) is 0.483. The number of hydrogen-bond acceptors (Lipinski definition) is 5. The summed E-state index contributed by atoms with van der Waals surface area (Å²) in [6.45, 7) is 5.34. The van der Waals surface area contributed by atoms with Crippen LogP contribution in [0.5, 0.6) is 11.5 Å². The number of carbonyl (C=O) groups excluding carboxylic acids is 3. The minimum absolute atomic E-state index is 0.0297. The van der Waals surface area contributed by atoms with E-state index < -0.39 is 0 Å². The number of carbonyl (C=O) groups is 3. The summed E-state index contributed by atoms with van der Waals surface area (Å²) in [4.78, 5) is 41.9. The van der Waals surface area contributed by atoms with Crippen molar-refractivity contribution in [1.29, 1.82) is 0 Å². The van der Waals surface area contributed by atoms with Crippen molar-refractivity contribution in [2.24, 2.45) is 5.92 Å². The van der Waals surface area contributed by atoms with Crippen molar-refractivity contribution in [3.05, 3.63) is 59.7 Å². The number of piperidine rings is 2. The Hall–Kier alpha value is -3.55. The Morgan fingerprint density at radius 1 is 0.865 bits per heavy atom. The molecule has 0 unspecified atom stereocenters. The van der Waals surface area contributed by atoms with Gasteiger partial charge in [0, 0.05) is 44.2 Å². The van der Waals surface area contributed by atoms with Gasteiger partial charge in [0.05, 0.1) is 6.61 Å². The van der Waals surface area contributed by atoms with Crippen molar-refractivity contribution in [2.45, 2.75) is 45.6 Å². The molecule has 2 saturated heterocycles. The van der Waals surface area contributed by atoms with Crippen LogP contribution >= 0.6 is 0 Å². The molecule has 1 N–H and O–H groups in total. The summed E-state index contributed by atoms with van der Waals surface area (Å²) < 4.78 is 11.5. The van der Waals surface area contributed by atoms with Crippen LogP contribution in [-0.4, -0.2) is 66.9 Å². The van der Waals surface area contributed by atoms with E-state index in [1.165, 1.54) is 0 Å². The number of nitrogens with one attached hydrogen (secondary N) is 1. The summed E-state index contributed by atoms with van der Waals surface area (Å²) >= 11 is 0. The molecule has 8 nitrogen and oxygen atoms in total. The van der Waals surface area contributed by atoms with Crippen LogP contribution in [0.15, 0.2) is 48.5 Å². The third-order valence-corrected chi connectivity index (χ3v) is 7.01. The molecule has 2 aromatic carbocycles. The molecule has 3 amide bonds. The molecular formula is C29H37N3O5. The van der Waals surface area contributed by atoms with E-state index in [4.69, 9.17) is 9.47 Å². The van der Waals surface area contributed by atoms with Gasteiger partial charge in [0.1, 0.15) is 0 Å². The van der Waals surface area contributed by atoms with Crippen molar-refractivity contribution < 1.29 is 23.9 Å². The lowest BCUT2D eigenvalue weighted by atomic mass is 9.95. The van der Waals surface area contributed by atoms with Gasteiger partial charge in [-0.15, -0.1) is 0 Å². The average molecular weight is 508 g/mol. The molecule has 2 aromatic rings. The largest absolute Gasteiger partial charge is 0.490 e. The van der Waals surface area contributed by atoms with Crippen molar-refractivity contribution in [3.8, 4) is 11.5 Å². The second-order valence-corrected chi connectivity index (χ2v) is 9.59. The molecule has 0 radical (unpaired) electrons. The van der Waals surface area contributed by atoms with Gasteiger partial charge in [-0.3, -0.25) is 14.4 Å². The van der Waals surface area contributed by atoms with E-state index in [1.807, 2.05) is 42.2 Å². The highest BCUT2D eigenvalue weighted by Crippen LogP contribution is 2.30. The Balaban J connectivity index is 1.30. The van der Waals surface area contributed by atoms with Crippen LogP contribution in [0.1, 0.15) is 54.9 Å². The van der Waals surface area contributed by atoms with Crippen molar-refractivity contribution >= 4 is 17.7 Å². The van der Waals surface area contributed by atoms with E-state index in [0.717, 1.165) is 37.9 Å². The van der Waals surface area contributed by atoms with Crippen LogP contribution in [0.4, 0.5) is 0 Å². The third kappa shape index (κ3) is 7.24. The molecule has 2 aliphatic rings. The number of likely N-dealkylation sites (tertiary alicyclic amines) is 2. The van der Waals surface area contributed by atoms with E-state index in [1.54, 1.807) is 23.1 Å². The molecular weight excluding hydrogens is 470 g/mol. The zero-order valence-corrected chi connectivity index (χ0v) is 21.6. The topological polar surface area (TPSA) is 88.2 Å². The first kappa shape index (κ1) is 26.5.